The Morgan fingerprint density at radius 2 is 1.92 bits per heavy atom. The number of benzene rings is 1. The van der Waals surface area contributed by atoms with Crippen molar-refractivity contribution in [2.75, 3.05) is 19.7 Å². The van der Waals surface area contributed by atoms with Crippen LogP contribution >= 0.6 is 0 Å². The van der Waals surface area contributed by atoms with E-state index in [9.17, 15) is 18.4 Å². The van der Waals surface area contributed by atoms with E-state index in [1.165, 1.54) is 25.0 Å². The van der Waals surface area contributed by atoms with Crippen molar-refractivity contribution in [1.82, 2.24) is 20.7 Å². The summed E-state index contributed by atoms with van der Waals surface area (Å²) in [5.74, 6) is -2.51. The Balaban J connectivity index is 1.28. The molecule has 1 aromatic heterocycles. The Morgan fingerprint density at radius 3 is 2.65 bits per heavy atom. The summed E-state index contributed by atoms with van der Waals surface area (Å²) in [6.07, 6.45) is 7.24. The molecule has 0 radical (unpaired) electrons. The molecular weight excluding hydrogens is 482 g/mol. The third-order valence-corrected chi connectivity index (χ3v) is 7.97. The Hall–Kier alpha value is -2.85. The van der Waals surface area contributed by atoms with Gasteiger partial charge in [0.1, 0.15) is 11.6 Å². The molecule has 2 unspecified atom stereocenters. The molecule has 8 nitrogen and oxygen atoms in total. The van der Waals surface area contributed by atoms with Gasteiger partial charge in [0.25, 0.3) is 5.91 Å². The van der Waals surface area contributed by atoms with Crippen molar-refractivity contribution < 1.29 is 27.6 Å². The SMILES string of the molecule is CC(NC(=O)[C@H]1CN(C2CCCC2)CC[C@@H]1NC(=O)c1cc(-c2ccc(F)cc2F)on1)C1CCCO1. The molecule has 0 spiro atoms. The normalized spacial score (nSPS) is 25.8. The summed E-state index contributed by atoms with van der Waals surface area (Å²) in [5.41, 5.74) is -0.0120. The molecule has 2 N–H and O–H groups in total. The minimum atomic E-state index is -0.806. The molecule has 3 aliphatic rings. The monoisotopic (exact) mass is 516 g/mol. The van der Waals surface area contributed by atoms with Crippen molar-refractivity contribution in [2.24, 2.45) is 5.92 Å². The van der Waals surface area contributed by atoms with E-state index in [0.717, 1.165) is 44.4 Å². The van der Waals surface area contributed by atoms with E-state index in [1.807, 2.05) is 6.92 Å². The molecule has 2 amide bonds. The number of hydrogen-bond donors (Lipinski definition) is 2. The number of amides is 2. The maximum Gasteiger partial charge on any atom is 0.273 e. The summed E-state index contributed by atoms with van der Waals surface area (Å²) in [6, 6.07) is 4.40. The van der Waals surface area contributed by atoms with E-state index in [-0.39, 0.29) is 41.1 Å². The Morgan fingerprint density at radius 1 is 1.11 bits per heavy atom. The first kappa shape index (κ1) is 25.8. The van der Waals surface area contributed by atoms with Gasteiger partial charge in [-0.1, -0.05) is 18.0 Å². The zero-order valence-corrected chi connectivity index (χ0v) is 21.1. The fraction of sp³-hybridized carbons (Fsp3) is 0.593. The van der Waals surface area contributed by atoms with Crippen LogP contribution in [0.2, 0.25) is 0 Å². The standard InChI is InChI=1S/C27H34F2N4O4/c1-16(24-7-4-12-36-24)30-26(34)20-15-33(18-5-2-3-6-18)11-10-22(20)31-27(35)23-14-25(37-32-23)19-9-8-17(28)13-21(19)29/h8-9,13-14,16,18,20,22,24H,2-7,10-12,15H2,1H3,(H,30,34)(H,31,35)/t16?,20-,22-,24?/m0/s1. The van der Waals surface area contributed by atoms with Crippen molar-refractivity contribution in [3.8, 4) is 11.3 Å². The lowest BCUT2D eigenvalue weighted by Crippen LogP contribution is -2.58. The second kappa shape index (κ2) is 11.3. The quantitative estimate of drug-likeness (QED) is 0.583. The fourth-order valence-corrected chi connectivity index (χ4v) is 5.88. The minimum absolute atomic E-state index is 0.00641. The summed E-state index contributed by atoms with van der Waals surface area (Å²) < 4.78 is 38.3. The summed E-state index contributed by atoms with van der Waals surface area (Å²) in [7, 11) is 0. The smallest absolute Gasteiger partial charge is 0.273 e. The van der Waals surface area contributed by atoms with Crippen LogP contribution in [-0.4, -0.2) is 65.8 Å². The molecule has 1 aliphatic carbocycles. The molecule has 0 bridgehead atoms. The predicted octanol–water partition coefficient (Wildman–Crippen LogP) is 3.67. The van der Waals surface area contributed by atoms with E-state index >= 15 is 0 Å². The molecule has 5 rings (SSSR count). The molecule has 1 saturated carbocycles. The first-order chi connectivity index (χ1) is 17.9. The molecule has 3 fully saturated rings. The highest BCUT2D eigenvalue weighted by molar-refractivity contribution is 5.94. The van der Waals surface area contributed by atoms with E-state index in [1.54, 1.807) is 0 Å². The van der Waals surface area contributed by atoms with Gasteiger partial charge in [-0.05, 0) is 51.2 Å². The summed E-state index contributed by atoms with van der Waals surface area (Å²) >= 11 is 0. The molecule has 3 heterocycles. The largest absolute Gasteiger partial charge is 0.376 e. The van der Waals surface area contributed by atoms with Crippen LogP contribution in [0.5, 0.6) is 0 Å². The van der Waals surface area contributed by atoms with Crippen molar-refractivity contribution >= 4 is 11.8 Å². The average Bonchev–Trinajstić information content (AvgIpc) is 3.67. The number of aromatic nitrogens is 1. The molecular formula is C27H34F2N4O4. The van der Waals surface area contributed by atoms with Gasteiger partial charge in [-0.25, -0.2) is 8.78 Å². The third-order valence-electron chi connectivity index (χ3n) is 7.97. The third kappa shape index (κ3) is 5.85. The predicted molar refractivity (Wildman–Crippen MR) is 132 cm³/mol. The van der Waals surface area contributed by atoms with Crippen LogP contribution in [0.1, 0.15) is 62.4 Å². The van der Waals surface area contributed by atoms with E-state index in [2.05, 4.69) is 20.7 Å². The van der Waals surface area contributed by atoms with Gasteiger partial charge < -0.3 is 19.9 Å². The number of halogens is 2. The zero-order chi connectivity index (χ0) is 25.9. The van der Waals surface area contributed by atoms with Crippen molar-refractivity contribution in [2.45, 2.75) is 76.1 Å². The van der Waals surface area contributed by atoms with Crippen molar-refractivity contribution in [3.63, 3.8) is 0 Å². The summed E-state index contributed by atoms with van der Waals surface area (Å²) in [5, 5.41) is 9.90. The van der Waals surface area contributed by atoms with Crippen LogP contribution in [0, 0.1) is 17.6 Å². The molecule has 200 valence electrons. The number of rotatable bonds is 7. The lowest BCUT2D eigenvalue weighted by molar-refractivity contribution is -0.129. The zero-order valence-electron chi connectivity index (χ0n) is 21.1. The average molecular weight is 517 g/mol. The number of nitrogens with one attached hydrogen (secondary N) is 2. The van der Waals surface area contributed by atoms with Crippen molar-refractivity contribution in [3.05, 3.63) is 41.6 Å². The number of hydrogen-bond acceptors (Lipinski definition) is 6. The van der Waals surface area contributed by atoms with E-state index in [4.69, 9.17) is 9.26 Å². The van der Waals surface area contributed by atoms with Crippen LogP contribution < -0.4 is 10.6 Å². The highest BCUT2D eigenvalue weighted by Crippen LogP contribution is 2.29. The van der Waals surface area contributed by atoms with Gasteiger partial charge in [0.15, 0.2) is 11.5 Å². The highest BCUT2D eigenvalue weighted by atomic mass is 19.1. The summed E-state index contributed by atoms with van der Waals surface area (Å²) in [6.45, 7) is 4.05. The van der Waals surface area contributed by atoms with Crippen molar-refractivity contribution in [1.29, 1.82) is 0 Å². The number of likely N-dealkylation sites (tertiary alicyclic amines) is 1. The van der Waals surface area contributed by atoms with Gasteiger partial charge in [-0.15, -0.1) is 0 Å². The Bertz CT molecular complexity index is 1110. The second-order valence-electron chi connectivity index (χ2n) is 10.5. The van der Waals surface area contributed by atoms with Crippen LogP contribution in [0.4, 0.5) is 8.78 Å². The van der Waals surface area contributed by atoms with Crippen LogP contribution in [0.15, 0.2) is 28.8 Å². The number of carbonyl (C=O) groups excluding carboxylic acids is 2. The lowest BCUT2D eigenvalue weighted by atomic mass is 9.89. The van der Waals surface area contributed by atoms with Gasteiger partial charge in [0, 0.05) is 43.9 Å². The molecule has 2 aromatic rings. The summed E-state index contributed by atoms with van der Waals surface area (Å²) in [4.78, 5) is 28.9. The van der Waals surface area contributed by atoms with Crippen LogP contribution in [0.25, 0.3) is 11.3 Å². The molecule has 4 atom stereocenters. The first-order valence-electron chi connectivity index (χ1n) is 13.3. The number of nitrogens with zero attached hydrogens (tertiary/aromatic N) is 2. The number of piperidine rings is 1. The maximum atomic E-state index is 14.2. The molecule has 2 saturated heterocycles. The topological polar surface area (TPSA) is 96.7 Å². The molecule has 37 heavy (non-hydrogen) atoms. The number of ether oxygens (including phenoxy) is 1. The van der Waals surface area contributed by atoms with Gasteiger partial charge in [-0.3, -0.25) is 14.5 Å². The fourth-order valence-electron chi connectivity index (χ4n) is 5.88. The lowest BCUT2D eigenvalue weighted by Gasteiger charge is -2.41. The van der Waals surface area contributed by atoms with E-state index < -0.39 is 23.5 Å². The minimum Gasteiger partial charge on any atom is -0.376 e. The number of carbonyl (C=O) groups is 2. The van der Waals surface area contributed by atoms with Crippen LogP contribution in [0.3, 0.4) is 0 Å². The van der Waals surface area contributed by atoms with Gasteiger partial charge >= 0.3 is 0 Å². The maximum absolute atomic E-state index is 14.2. The van der Waals surface area contributed by atoms with E-state index in [0.29, 0.717) is 25.6 Å². The van der Waals surface area contributed by atoms with Gasteiger partial charge in [-0.2, -0.15) is 0 Å². The Kier molecular flexibility index (Phi) is 7.85. The molecule has 1 aromatic carbocycles. The highest BCUT2D eigenvalue weighted by Gasteiger charge is 2.39. The molecule has 10 heteroatoms. The molecule has 2 aliphatic heterocycles. The van der Waals surface area contributed by atoms with Crippen LogP contribution in [-0.2, 0) is 9.53 Å². The first-order valence-corrected chi connectivity index (χ1v) is 13.3. The second-order valence-corrected chi connectivity index (χ2v) is 10.5. The Labute approximate surface area is 215 Å². The van der Waals surface area contributed by atoms with Gasteiger partial charge in [0.05, 0.1) is 23.6 Å². The van der Waals surface area contributed by atoms with Gasteiger partial charge in [0.2, 0.25) is 5.91 Å².